The molecule has 20 heavy (non-hydrogen) atoms. The zero-order chi connectivity index (χ0) is 14.6. The fraction of sp³-hybridized carbons (Fsp3) is 0.0769. The molecule has 3 nitrogen and oxygen atoms in total. The molecule has 0 amide bonds. The van der Waals surface area contributed by atoms with Gasteiger partial charge in [0.25, 0.3) is 0 Å². The summed E-state index contributed by atoms with van der Waals surface area (Å²) in [6.45, 7) is 0. The second-order valence-corrected chi connectivity index (χ2v) is 4.18. The molecule has 0 aliphatic rings. The summed E-state index contributed by atoms with van der Waals surface area (Å²) in [6.07, 6.45) is 0.986. The van der Waals surface area contributed by atoms with Crippen molar-refractivity contribution in [3.63, 3.8) is 0 Å². The van der Waals surface area contributed by atoms with E-state index in [0.717, 1.165) is 18.3 Å². The molecule has 0 atom stereocenters. The van der Waals surface area contributed by atoms with E-state index < -0.39 is 11.7 Å². The van der Waals surface area contributed by atoms with Gasteiger partial charge < -0.3 is 4.98 Å². The van der Waals surface area contributed by atoms with Crippen LogP contribution in [0, 0.1) is 0 Å². The van der Waals surface area contributed by atoms with Crippen LogP contribution in [0.2, 0.25) is 5.02 Å². The van der Waals surface area contributed by atoms with Crippen molar-refractivity contribution in [3.05, 3.63) is 59.6 Å². The zero-order valence-electron chi connectivity index (χ0n) is 10.0. The van der Waals surface area contributed by atoms with Gasteiger partial charge in [-0.3, -0.25) is 4.98 Å². The third kappa shape index (κ3) is 3.48. The van der Waals surface area contributed by atoms with Crippen molar-refractivity contribution in [2.75, 3.05) is 0 Å². The Morgan fingerprint density at radius 1 is 1.10 bits per heavy atom. The van der Waals surface area contributed by atoms with Crippen molar-refractivity contribution in [2.45, 2.75) is 6.18 Å². The normalized spacial score (nSPS) is 11.0. The number of nitrogens with zero attached hydrogens (tertiary/aromatic N) is 2. The summed E-state index contributed by atoms with van der Waals surface area (Å²) in [4.78, 5) is 10.6. The average Bonchev–Trinajstić information content (AvgIpc) is 2.50. The van der Waals surface area contributed by atoms with E-state index in [2.05, 4.69) is 15.0 Å². The maximum atomic E-state index is 12.6. The number of nitrogens with one attached hydrogen (secondary N) is 1. The van der Waals surface area contributed by atoms with Gasteiger partial charge in [0.15, 0.2) is 0 Å². The van der Waals surface area contributed by atoms with Crippen LogP contribution < -0.4 is 0 Å². The third-order valence-corrected chi connectivity index (χ3v) is 2.73. The topological polar surface area (TPSA) is 41.6 Å². The molecule has 1 N–H and O–H groups in total. The minimum Gasteiger partial charge on any atom is -0.346 e. The second-order valence-electron chi connectivity index (χ2n) is 3.77. The summed E-state index contributed by atoms with van der Waals surface area (Å²) in [7, 11) is 0. The molecule has 0 fully saturated rings. The molecule has 7 heteroatoms. The van der Waals surface area contributed by atoms with Crippen LogP contribution in [-0.2, 0) is 6.18 Å². The van der Waals surface area contributed by atoms with Crippen molar-refractivity contribution in [2.24, 2.45) is 0 Å². The fourth-order valence-corrected chi connectivity index (χ4v) is 1.65. The highest BCUT2D eigenvalue weighted by molar-refractivity contribution is 6.33. The van der Waals surface area contributed by atoms with E-state index in [-0.39, 0.29) is 0 Å². The van der Waals surface area contributed by atoms with Crippen molar-refractivity contribution in [1.82, 2.24) is 15.0 Å². The predicted molar refractivity (Wildman–Crippen MR) is 69.5 cm³/mol. The van der Waals surface area contributed by atoms with Gasteiger partial charge in [0, 0.05) is 24.8 Å². The first kappa shape index (κ1) is 14.3. The fourth-order valence-electron chi connectivity index (χ4n) is 1.46. The number of hydrogen-bond acceptors (Lipinski definition) is 2. The SMILES string of the molecule is FC(F)(F)c1cccnc(-c2cnccc2Cl)[nH]cc1. The number of hydrogen-bond donors (Lipinski definition) is 1. The van der Waals surface area contributed by atoms with Crippen LogP contribution in [-0.4, -0.2) is 15.0 Å². The largest absolute Gasteiger partial charge is 0.416 e. The van der Waals surface area contributed by atoms with Gasteiger partial charge in [0.2, 0.25) is 0 Å². The van der Waals surface area contributed by atoms with Crippen LogP contribution in [0.5, 0.6) is 0 Å². The molecule has 0 aliphatic carbocycles. The molecule has 0 radical (unpaired) electrons. The molecule has 0 aromatic carbocycles. The van der Waals surface area contributed by atoms with E-state index in [0.29, 0.717) is 16.4 Å². The van der Waals surface area contributed by atoms with E-state index >= 15 is 0 Å². The highest BCUT2D eigenvalue weighted by Crippen LogP contribution is 2.28. The molecular formula is C13H9ClF3N3. The third-order valence-electron chi connectivity index (χ3n) is 2.40. The number of pyridine rings is 1. The Bertz CT molecular complexity index is 651. The standard InChI is InChI=1S/C13H9ClF3N3/c14-11-4-6-18-8-10(11)12-19-5-1-2-9(3-7-20-12)13(15,16)17/h1-8H,(H,19,20). The number of alkyl halides is 3. The van der Waals surface area contributed by atoms with Gasteiger partial charge in [0.05, 0.1) is 16.1 Å². The molecule has 0 spiro atoms. The number of H-pyrrole nitrogens is 1. The van der Waals surface area contributed by atoms with E-state index in [9.17, 15) is 13.2 Å². The summed E-state index contributed by atoms with van der Waals surface area (Å²) in [5, 5.41) is 0.399. The monoisotopic (exact) mass is 299 g/mol. The summed E-state index contributed by atoms with van der Waals surface area (Å²) in [5.74, 6) is 0.312. The molecule has 0 saturated heterocycles. The lowest BCUT2D eigenvalue weighted by Crippen LogP contribution is -2.02. The molecule has 0 unspecified atom stereocenters. The number of aromatic nitrogens is 3. The summed E-state index contributed by atoms with van der Waals surface area (Å²) in [5.41, 5.74) is -0.283. The molecule has 0 bridgehead atoms. The first-order valence-corrected chi connectivity index (χ1v) is 5.91. The van der Waals surface area contributed by atoms with Gasteiger partial charge in [-0.2, -0.15) is 13.2 Å². The lowest BCUT2D eigenvalue weighted by molar-refractivity contribution is -0.137. The van der Waals surface area contributed by atoms with E-state index in [1.165, 1.54) is 24.7 Å². The Hall–Kier alpha value is -2.08. The van der Waals surface area contributed by atoms with Crippen molar-refractivity contribution in [3.8, 4) is 11.4 Å². The quantitative estimate of drug-likeness (QED) is 0.854. The molecule has 2 heterocycles. The van der Waals surface area contributed by atoms with E-state index in [4.69, 9.17) is 11.6 Å². The number of halogens is 4. The molecular weight excluding hydrogens is 291 g/mol. The van der Waals surface area contributed by atoms with Crippen LogP contribution in [0.1, 0.15) is 5.56 Å². The lowest BCUT2D eigenvalue weighted by Gasteiger charge is -2.02. The van der Waals surface area contributed by atoms with Crippen molar-refractivity contribution in [1.29, 1.82) is 0 Å². The van der Waals surface area contributed by atoms with Crippen LogP contribution in [0.25, 0.3) is 11.4 Å². The van der Waals surface area contributed by atoms with Crippen LogP contribution in [0.15, 0.2) is 49.1 Å². The number of aromatic amines is 1. The first-order valence-electron chi connectivity index (χ1n) is 5.53. The summed E-state index contributed by atoms with van der Waals surface area (Å²) in [6, 6.07) is 4.65. The minimum absolute atomic E-state index is 0.312. The molecule has 104 valence electrons. The zero-order valence-corrected chi connectivity index (χ0v) is 10.8. The maximum Gasteiger partial charge on any atom is 0.416 e. The molecule has 0 aliphatic heterocycles. The van der Waals surface area contributed by atoms with E-state index in [1.807, 2.05) is 0 Å². The Morgan fingerprint density at radius 3 is 2.60 bits per heavy atom. The Kier molecular flexibility index (Phi) is 4.24. The van der Waals surface area contributed by atoms with Gasteiger partial charge in [-0.25, -0.2) is 4.98 Å². The molecule has 2 aromatic heterocycles. The predicted octanol–water partition coefficient (Wildman–Crippen LogP) is 4.27. The Balaban J connectivity index is 2.54. The van der Waals surface area contributed by atoms with Crippen molar-refractivity contribution < 1.29 is 13.2 Å². The van der Waals surface area contributed by atoms with Gasteiger partial charge >= 0.3 is 6.18 Å². The second kappa shape index (κ2) is 5.92. The van der Waals surface area contributed by atoms with Gasteiger partial charge in [-0.05, 0) is 24.3 Å². The van der Waals surface area contributed by atoms with Gasteiger partial charge in [0.1, 0.15) is 5.82 Å². The lowest BCUT2D eigenvalue weighted by atomic mass is 10.3. The average molecular weight is 300 g/mol. The summed E-state index contributed by atoms with van der Waals surface area (Å²) >= 11 is 5.99. The maximum absolute atomic E-state index is 12.6. The van der Waals surface area contributed by atoms with Crippen LogP contribution in [0.3, 0.4) is 0 Å². The van der Waals surface area contributed by atoms with E-state index in [1.54, 1.807) is 6.07 Å². The minimum atomic E-state index is -4.42. The Morgan fingerprint density at radius 2 is 1.90 bits per heavy atom. The molecule has 0 saturated carbocycles. The molecule has 2 aromatic rings. The Labute approximate surface area is 117 Å². The number of rotatable bonds is 1. The van der Waals surface area contributed by atoms with Gasteiger partial charge in [-0.1, -0.05) is 11.6 Å². The van der Waals surface area contributed by atoms with Crippen LogP contribution in [0.4, 0.5) is 13.2 Å². The van der Waals surface area contributed by atoms with Gasteiger partial charge in [-0.15, -0.1) is 0 Å². The van der Waals surface area contributed by atoms with Crippen molar-refractivity contribution >= 4 is 11.6 Å². The van der Waals surface area contributed by atoms with Crippen LogP contribution >= 0.6 is 11.6 Å². The first-order chi connectivity index (χ1) is 9.48. The summed E-state index contributed by atoms with van der Waals surface area (Å²) < 4.78 is 37.9. The molecule has 2 rings (SSSR count). The highest BCUT2D eigenvalue weighted by Gasteiger charge is 2.29. The highest BCUT2D eigenvalue weighted by atomic mass is 35.5. The smallest absolute Gasteiger partial charge is 0.346 e.